The molecule has 5 rings (SSSR count). The molecule has 1 aliphatic carbocycles. The summed E-state index contributed by atoms with van der Waals surface area (Å²) in [6.07, 6.45) is 8.34. The molecule has 2 saturated heterocycles. The maximum absolute atomic E-state index is 11.7. The minimum atomic E-state index is -0.0365. The molecule has 2 aliphatic heterocycles. The first-order valence-corrected chi connectivity index (χ1v) is 9.06. The van der Waals surface area contributed by atoms with E-state index in [9.17, 15) is 4.79 Å². The Hall–Kier alpha value is -2.35. The van der Waals surface area contributed by atoms with E-state index in [4.69, 9.17) is 4.52 Å². The first kappa shape index (κ1) is 14.9. The number of carbonyl (C=O) groups is 1. The molecule has 1 N–H and O–H groups in total. The molecule has 0 bridgehead atoms. The van der Waals surface area contributed by atoms with Gasteiger partial charge in [0.2, 0.25) is 0 Å². The second-order valence-corrected chi connectivity index (χ2v) is 7.15. The van der Waals surface area contributed by atoms with Gasteiger partial charge in [-0.3, -0.25) is 14.5 Å². The lowest BCUT2D eigenvalue weighted by molar-refractivity contribution is 0.0881. The molecule has 3 aliphatic rings. The van der Waals surface area contributed by atoms with E-state index < -0.39 is 0 Å². The summed E-state index contributed by atoms with van der Waals surface area (Å²) in [5.41, 5.74) is 3.33. The van der Waals surface area contributed by atoms with Crippen LogP contribution < -0.4 is 10.2 Å². The molecule has 0 atom stereocenters. The fourth-order valence-electron chi connectivity index (χ4n) is 4.01. The van der Waals surface area contributed by atoms with Crippen molar-refractivity contribution in [1.82, 2.24) is 25.2 Å². The van der Waals surface area contributed by atoms with E-state index in [0.29, 0.717) is 19.1 Å². The number of hydrogen-bond acceptors (Lipinski definition) is 5. The zero-order valence-electron chi connectivity index (χ0n) is 14.1. The number of amides is 2. The van der Waals surface area contributed by atoms with E-state index in [1.165, 1.54) is 18.4 Å². The average molecular weight is 342 g/mol. The third kappa shape index (κ3) is 2.60. The Balaban J connectivity index is 1.20. The lowest BCUT2D eigenvalue weighted by Crippen LogP contribution is -2.47. The molecular weight excluding hydrogens is 320 g/mol. The van der Waals surface area contributed by atoms with Gasteiger partial charge in [-0.15, -0.1) is 0 Å². The van der Waals surface area contributed by atoms with Gasteiger partial charge in [-0.1, -0.05) is 5.16 Å². The molecule has 4 heterocycles. The van der Waals surface area contributed by atoms with Crippen LogP contribution in [0.1, 0.15) is 35.9 Å². The molecule has 2 aromatic rings. The Morgan fingerprint density at radius 2 is 2.16 bits per heavy atom. The zero-order chi connectivity index (χ0) is 16.8. The van der Waals surface area contributed by atoms with Crippen molar-refractivity contribution in [3.05, 3.63) is 29.4 Å². The number of aryl methyl sites for hydroxylation is 1. The van der Waals surface area contributed by atoms with Gasteiger partial charge >= 0.3 is 6.03 Å². The maximum Gasteiger partial charge on any atom is 0.322 e. The van der Waals surface area contributed by atoms with Crippen LogP contribution in [-0.2, 0) is 19.4 Å². The minimum Gasteiger partial charge on any atom is -0.361 e. The molecule has 0 unspecified atom stereocenters. The standard InChI is InChI=1S/C17H22N6O2/c24-17-18-5-6-22(17)12-7-19-23(10-12)13-8-21(9-13)11-15-14-3-1-2-4-16(14)25-20-15/h7,10,13H,1-6,8-9,11H2,(H,18,24). The van der Waals surface area contributed by atoms with E-state index in [2.05, 4.69) is 20.5 Å². The molecule has 8 heteroatoms. The fraction of sp³-hybridized carbons (Fsp3) is 0.588. The molecule has 0 saturated carbocycles. The number of aromatic nitrogens is 3. The molecule has 2 aromatic heterocycles. The molecule has 132 valence electrons. The second kappa shape index (κ2) is 5.87. The Kier molecular flexibility index (Phi) is 3.51. The van der Waals surface area contributed by atoms with Gasteiger partial charge in [0.15, 0.2) is 0 Å². The van der Waals surface area contributed by atoms with E-state index in [1.807, 2.05) is 10.9 Å². The van der Waals surface area contributed by atoms with Crippen molar-refractivity contribution in [1.29, 1.82) is 0 Å². The van der Waals surface area contributed by atoms with Crippen LogP contribution in [0.25, 0.3) is 0 Å². The van der Waals surface area contributed by atoms with E-state index in [-0.39, 0.29) is 6.03 Å². The highest BCUT2D eigenvalue weighted by molar-refractivity contribution is 5.93. The number of nitrogens with one attached hydrogen (secondary N) is 1. The Morgan fingerprint density at radius 3 is 3.00 bits per heavy atom. The van der Waals surface area contributed by atoms with Crippen molar-refractivity contribution in [3.8, 4) is 0 Å². The summed E-state index contributed by atoms with van der Waals surface area (Å²) in [5.74, 6) is 1.10. The molecule has 0 aromatic carbocycles. The predicted molar refractivity (Wildman–Crippen MR) is 90.4 cm³/mol. The number of hydrogen-bond donors (Lipinski definition) is 1. The summed E-state index contributed by atoms with van der Waals surface area (Å²) in [4.78, 5) is 15.9. The SMILES string of the molecule is O=C1NCCN1c1cnn(C2CN(Cc3noc4c3CCCC4)C2)c1. The van der Waals surface area contributed by atoms with Crippen LogP contribution in [0.5, 0.6) is 0 Å². The van der Waals surface area contributed by atoms with E-state index in [0.717, 1.165) is 49.6 Å². The summed E-state index contributed by atoms with van der Waals surface area (Å²) in [5, 5.41) is 11.6. The number of urea groups is 1. The quantitative estimate of drug-likeness (QED) is 0.907. The maximum atomic E-state index is 11.7. The van der Waals surface area contributed by atoms with Crippen LogP contribution in [0.15, 0.2) is 16.9 Å². The van der Waals surface area contributed by atoms with Gasteiger partial charge in [0.1, 0.15) is 11.5 Å². The van der Waals surface area contributed by atoms with Gasteiger partial charge in [-0.25, -0.2) is 4.79 Å². The van der Waals surface area contributed by atoms with Crippen LogP contribution >= 0.6 is 0 Å². The zero-order valence-corrected chi connectivity index (χ0v) is 14.1. The van der Waals surface area contributed by atoms with Crippen LogP contribution in [-0.4, -0.2) is 52.0 Å². The normalized spacial score (nSPS) is 21.3. The minimum absolute atomic E-state index is 0.0365. The summed E-state index contributed by atoms with van der Waals surface area (Å²) in [6, 6.07) is 0.327. The highest BCUT2D eigenvalue weighted by Crippen LogP contribution is 2.29. The van der Waals surface area contributed by atoms with Crippen LogP contribution in [0.3, 0.4) is 0 Å². The molecular formula is C17H22N6O2. The van der Waals surface area contributed by atoms with Gasteiger partial charge < -0.3 is 9.84 Å². The Bertz CT molecular complexity index is 791. The summed E-state index contributed by atoms with van der Waals surface area (Å²) >= 11 is 0. The third-order valence-corrected chi connectivity index (χ3v) is 5.47. The highest BCUT2D eigenvalue weighted by atomic mass is 16.5. The molecule has 25 heavy (non-hydrogen) atoms. The van der Waals surface area contributed by atoms with Crippen molar-refractivity contribution in [2.24, 2.45) is 0 Å². The van der Waals surface area contributed by atoms with Crippen molar-refractivity contribution in [2.75, 3.05) is 31.1 Å². The topological polar surface area (TPSA) is 79.4 Å². The van der Waals surface area contributed by atoms with Gasteiger partial charge in [0.05, 0.1) is 17.9 Å². The van der Waals surface area contributed by atoms with E-state index >= 15 is 0 Å². The van der Waals surface area contributed by atoms with Crippen molar-refractivity contribution in [3.63, 3.8) is 0 Å². The first-order valence-electron chi connectivity index (χ1n) is 9.06. The second-order valence-electron chi connectivity index (χ2n) is 7.15. The first-order chi connectivity index (χ1) is 12.3. The smallest absolute Gasteiger partial charge is 0.322 e. The molecule has 0 spiro atoms. The molecule has 8 nitrogen and oxygen atoms in total. The summed E-state index contributed by atoms with van der Waals surface area (Å²) < 4.78 is 7.48. The van der Waals surface area contributed by atoms with Crippen LogP contribution in [0.4, 0.5) is 10.5 Å². The van der Waals surface area contributed by atoms with Gasteiger partial charge in [0.25, 0.3) is 0 Å². The fourth-order valence-corrected chi connectivity index (χ4v) is 4.01. The number of carbonyl (C=O) groups excluding carboxylic acids is 1. The van der Waals surface area contributed by atoms with Gasteiger partial charge in [0, 0.05) is 50.9 Å². The number of nitrogens with zero attached hydrogens (tertiary/aromatic N) is 5. The van der Waals surface area contributed by atoms with Gasteiger partial charge in [-0.2, -0.15) is 5.10 Å². The summed E-state index contributed by atoms with van der Waals surface area (Å²) in [6.45, 7) is 4.17. The van der Waals surface area contributed by atoms with Crippen LogP contribution in [0.2, 0.25) is 0 Å². The van der Waals surface area contributed by atoms with Crippen molar-refractivity contribution < 1.29 is 9.32 Å². The number of anilines is 1. The van der Waals surface area contributed by atoms with Gasteiger partial charge in [-0.05, 0) is 19.3 Å². The third-order valence-electron chi connectivity index (χ3n) is 5.47. The van der Waals surface area contributed by atoms with Crippen molar-refractivity contribution >= 4 is 11.7 Å². The monoisotopic (exact) mass is 342 g/mol. The Morgan fingerprint density at radius 1 is 1.28 bits per heavy atom. The van der Waals surface area contributed by atoms with Crippen molar-refractivity contribution in [2.45, 2.75) is 38.3 Å². The molecule has 2 amide bonds. The lowest BCUT2D eigenvalue weighted by atomic mass is 9.96. The molecule has 0 radical (unpaired) electrons. The average Bonchev–Trinajstić information content (AvgIpc) is 3.30. The number of fused-ring (bicyclic) bond motifs is 1. The predicted octanol–water partition coefficient (Wildman–Crippen LogP) is 1.34. The summed E-state index contributed by atoms with van der Waals surface area (Å²) in [7, 11) is 0. The lowest BCUT2D eigenvalue weighted by Gasteiger charge is -2.38. The molecule has 2 fully saturated rings. The van der Waals surface area contributed by atoms with Crippen LogP contribution in [0, 0.1) is 0 Å². The Labute approximate surface area is 145 Å². The van der Waals surface area contributed by atoms with E-state index in [1.54, 1.807) is 11.1 Å². The number of rotatable bonds is 4. The highest BCUT2D eigenvalue weighted by Gasteiger charge is 2.32. The largest absolute Gasteiger partial charge is 0.361 e. The number of likely N-dealkylation sites (tertiary alicyclic amines) is 1.